The summed E-state index contributed by atoms with van der Waals surface area (Å²) in [7, 11) is 1.75. The third-order valence-electron chi connectivity index (χ3n) is 2.49. The van der Waals surface area contributed by atoms with E-state index in [-0.39, 0.29) is 5.41 Å². The average molecular weight is 265 g/mol. The van der Waals surface area contributed by atoms with Crippen LogP contribution in [0.4, 0.5) is 0 Å². The summed E-state index contributed by atoms with van der Waals surface area (Å²) < 4.78 is 0. The molecule has 0 fully saturated rings. The molecular formula is C10H18Cl2N4. The molecule has 0 bridgehead atoms. The van der Waals surface area contributed by atoms with Gasteiger partial charge >= 0.3 is 0 Å². The second kappa shape index (κ2) is 5.82. The molecule has 1 heterocycles. The van der Waals surface area contributed by atoms with Crippen molar-refractivity contribution in [1.29, 1.82) is 0 Å². The standard InChI is InChI=1S/C10H18Cl2N4/c1-8(2)4-10(6-11,7-12)5-9-13-15-16(3)14-9/h8H,4-7H2,1-3H3. The van der Waals surface area contributed by atoms with Crippen LogP contribution in [-0.4, -0.2) is 32.0 Å². The highest BCUT2D eigenvalue weighted by Gasteiger charge is 2.31. The number of rotatable bonds is 6. The van der Waals surface area contributed by atoms with Gasteiger partial charge in [0.1, 0.15) is 0 Å². The topological polar surface area (TPSA) is 43.6 Å². The first kappa shape index (κ1) is 13.7. The second-order valence-electron chi connectivity index (χ2n) is 4.74. The van der Waals surface area contributed by atoms with E-state index >= 15 is 0 Å². The minimum atomic E-state index is -0.125. The predicted molar refractivity (Wildman–Crippen MR) is 65.8 cm³/mol. The van der Waals surface area contributed by atoms with E-state index in [4.69, 9.17) is 23.2 Å². The summed E-state index contributed by atoms with van der Waals surface area (Å²) in [6, 6.07) is 0. The van der Waals surface area contributed by atoms with Crippen molar-refractivity contribution in [2.75, 3.05) is 11.8 Å². The van der Waals surface area contributed by atoms with Crippen LogP contribution in [0.5, 0.6) is 0 Å². The van der Waals surface area contributed by atoms with Gasteiger partial charge < -0.3 is 0 Å². The fourth-order valence-electron chi connectivity index (χ4n) is 1.91. The lowest BCUT2D eigenvalue weighted by Crippen LogP contribution is -2.30. The minimum Gasteiger partial charge on any atom is -0.167 e. The molecule has 0 aliphatic heterocycles. The number of aromatic nitrogens is 4. The van der Waals surface area contributed by atoms with Gasteiger partial charge in [-0.15, -0.1) is 33.4 Å². The molecule has 0 saturated carbocycles. The summed E-state index contributed by atoms with van der Waals surface area (Å²) in [4.78, 5) is 1.46. The Kier molecular flexibility index (Phi) is 4.99. The highest BCUT2D eigenvalue weighted by molar-refractivity contribution is 6.21. The van der Waals surface area contributed by atoms with Crippen LogP contribution in [0.2, 0.25) is 0 Å². The van der Waals surface area contributed by atoms with Gasteiger partial charge in [0.2, 0.25) is 0 Å². The highest BCUT2D eigenvalue weighted by atomic mass is 35.5. The molecule has 6 heteroatoms. The third-order valence-corrected chi connectivity index (χ3v) is 3.62. The summed E-state index contributed by atoms with van der Waals surface area (Å²) in [5.74, 6) is 2.30. The number of tetrazole rings is 1. The highest BCUT2D eigenvalue weighted by Crippen LogP contribution is 2.32. The van der Waals surface area contributed by atoms with Crippen molar-refractivity contribution in [3.05, 3.63) is 5.82 Å². The molecular weight excluding hydrogens is 247 g/mol. The molecule has 1 rings (SSSR count). The normalized spacial score (nSPS) is 12.4. The Bertz CT molecular complexity index is 320. The first-order valence-electron chi connectivity index (χ1n) is 5.36. The number of nitrogens with zero attached hydrogens (tertiary/aromatic N) is 4. The number of halogens is 2. The lowest BCUT2D eigenvalue weighted by molar-refractivity contribution is 0.290. The third kappa shape index (κ3) is 3.59. The lowest BCUT2D eigenvalue weighted by atomic mass is 9.80. The molecule has 4 nitrogen and oxygen atoms in total. The molecule has 0 N–H and O–H groups in total. The fourth-order valence-corrected chi connectivity index (χ4v) is 2.60. The van der Waals surface area contributed by atoms with E-state index in [2.05, 4.69) is 29.3 Å². The SMILES string of the molecule is CC(C)CC(CCl)(CCl)Cc1nnn(C)n1. The molecule has 0 aromatic carbocycles. The Labute approximate surface area is 106 Å². The monoisotopic (exact) mass is 264 g/mol. The van der Waals surface area contributed by atoms with Gasteiger partial charge in [-0.2, -0.15) is 4.80 Å². The molecule has 16 heavy (non-hydrogen) atoms. The van der Waals surface area contributed by atoms with Gasteiger partial charge in [0.15, 0.2) is 5.82 Å². The van der Waals surface area contributed by atoms with Crippen molar-refractivity contribution in [2.45, 2.75) is 26.7 Å². The van der Waals surface area contributed by atoms with E-state index in [1.54, 1.807) is 7.05 Å². The zero-order chi connectivity index (χ0) is 12.2. The van der Waals surface area contributed by atoms with E-state index < -0.39 is 0 Å². The van der Waals surface area contributed by atoms with Gasteiger partial charge in [-0.25, -0.2) is 0 Å². The van der Waals surface area contributed by atoms with Crippen molar-refractivity contribution in [3.8, 4) is 0 Å². The molecule has 0 aliphatic rings. The summed E-state index contributed by atoms with van der Waals surface area (Å²) in [5.41, 5.74) is -0.125. The van der Waals surface area contributed by atoms with E-state index in [9.17, 15) is 0 Å². The zero-order valence-corrected chi connectivity index (χ0v) is 11.5. The van der Waals surface area contributed by atoms with Crippen molar-refractivity contribution in [1.82, 2.24) is 20.2 Å². The molecule has 0 atom stereocenters. The lowest BCUT2D eigenvalue weighted by Gasteiger charge is -2.30. The smallest absolute Gasteiger partial charge is 0.167 e. The quantitative estimate of drug-likeness (QED) is 0.741. The first-order chi connectivity index (χ1) is 7.51. The predicted octanol–water partition coefficient (Wildman–Crippen LogP) is 2.26. The molecule has 0 aliphatic carbocycles. The van der Waals surface area contributed by atoms with Gasteiger partial charge in [-0.3, -0.25) is 0 Å². The summed E-state index contributed by atoms with van der Waals surface area (Å²) in [6.45, 7) is 4.33. The van der Waals surface area contributed by atoms with E-state index in [1.807, 2.05) is 0 Å². The van der Waals surface area contributed by atoms with E-state index in [0.717, 1.165) is 6.42 Å². The Morgan fingerprint density at radius 2 is 1.94 bits per heavy atom. The average Bonchev–Trinajstić information content (AvgIpc) is 2.62. The Balaban J connectivity index is 2.77. The first-order valence-corrected chi connectivity index (χ1v) is 6.43. The number of hydrogen-bond acceptors (Lipinski definition) is 3. The van der Waals surface area contributed by atoms with Crippen LogP contribution < -0.4 is 0 Å². The van der Waals surface area contributed by atoms with Crippen LogP contribution in [0.3, 0.4) is 0 Å². The van der Waals surface area contributed by atoms with Crippen LogP contribution >= 0.6 is 23.2 Å². The van der Waals surface area contributed by atoms with Gasteiger partial charge in [0.25, 0.3) is 0 Å². The van der Waals surface area contributed by atoms with Crippen LogP contribution in [0.25, 0.3) is 0 Å². The fraction of sp³-hybridized carbons (Fsp3) is 0.900. The maximum absolute atomic E-state index is 6.06. The summed E-state index contributed by atoms with van der Waals surface area (Å²) in [5, 5.41) is 12.0. The van der Waals surface area contributed by atoms with E-state index in [1.165, 1.54) is 4.80 Å². The minimum absolute atomic E-state index is 0.125. The maximum atomic E-state index is 6.06. The van der Waals surface area contributed by atoms with Crippen molar-refractivity contribution in [2.24, 2.45) is 18.4 Å². The Morgan fingerprint density at radius 3 is 2.31 bits per heavy atom. The van der Waals surface area contributed by atoms with Crippen LogP contribution in [0.1, 0.15) is 26.1 Å². The number of alkyl halides is 2. The van der Waals surface area contributed by atoms with Crippen molar-refractivity contribution < 1.29 is 0 Å². The molecule has 0 radical (unpaired) electrons. The van der Waals surface area contributed by atoms with Crippen LogP contribution in [-0.2, 0) is 13.5 Å². The number of hydrogen-bond donors (Lipinski definition) is 0. The van der Waals surface area contributed by atoms with Gasteiger partial charge in [-0.05, 0) is 17.6 Å². The van der Waals surface area contributed by atoms with Gasteiger partial charge in [0.05, 0.1) is 7.05 Å². The van der Waals surface area contributed by atoms with Crippen molar-refractivity contribution >= 4 is 23.2 Å². The van der Waals surface area contributed by atoms with Crippen molar-refractivity contribution in [3.63, 3.8) is 0 Å². The maximum Gasteiger partial charge on any atom is 0.175 e. The second-order valence-corrected chi connectivity index (χ2v) is 5.27. The Morgan fingerprint density at radius 1 is 1.31 bits per heavy atom. The van der Waals surface area contributed by atoms with Gasteiger partial charge in [-0.1, -0.05) is 13.8 Å². The Hall–Kier alpha value is -0.350. The van der Waals surface area contributed by atoms with Crippen LogP contribution in [0.15, 0.2) is 0 Å². The van der Waals surface area contributed by atoms with Gasteiger partial charge in [0, 0.05) is 23.6 Å². The molecule has 0 amide bonds. The number of aryl methyl sites for hydroxylation is 1. The summed E-state index contributed by atoms with van der Waals surface area (Å²) in [6.07, 6.45) is 1.66. The van der Waals surface area contributed by atoms with E-state index in [0.29, 0.717) is 29.9 Å². The molecule has 1 aromatic rings. The molecule has 0 saturated heterocycles. The molecule has 1 aromatic heterocycles. The van der Waals surface area contributed by atoms with Crippen LogP contribution in [0, 0.1) is 11.3 Å². The molecule has 92 valence electrons. The summed E-state index contributed by atoms with van der Waals surface area (Å²) >= 11 is 12.1. The molecule has 0 spiro atoms. The zero-order valence-electron chi connectivity index (χ0n) is 9.95. The largest absolute Gasteiger partial charge is 0.175 e. The molecule has 0 unspecified atom stereocenters.